The molecule has 0 spiro atoms. The Bertz CT molecular complexity index is 734. The number of hydrazine groups is 1. The van der Waals surface area contributed by atoms with E-state index in [4.69, 9.17) is 5.84 Å². The second-order valence-corrected chi connectivity index (χ2v) is 7.11. The number of nitrogens with zero attached hydrogens (tertiary/aromatic N) is 2. The van der Waals surface area contributed by atoms with Crippen molar-refractivity contribution in [3.05, 3.63) is 40.6 Å². The Labute approximate surface area is 131 Å². The van der Waals surface area contributed by atoms with Crippen molar-refractivity contribution in [1.29, 1.82) is 0 Å². The molecule has 1 heterocycles. The van der Waals surface area contributed by atoms with Gasteiger partial charge in [0, 0.05) is 12.8 Å². The lowest BCUT2D eigenvalue weighted by atomic mass is 10.2. The molecule has 4 N–H and O–H groups in total. The van der Waals surface area contributed by atoms with Crippen LogP contribution in [-0.4, -0.2) is 24.6 Å². The molecule has 112 valence electrons. The topological polar surface area (TPSA) is 110 Å². The van der Waals surface area contributed by atoms with Gasteiger partial charge in [0.1, 0.15) is 16.6 Å². The molecule has 7 nitrogen and oxygen atoms in total. The smallest absolute Gasteiger partial charge is 0.175 e. The van der Waals surface area contributed by atoms with Crippen molar-refractivity contribution in [1.82, 2.24) is 9.97 Å². The van der Waals surface area contributed by atoms with Gasteiger partial charge >= 0.3 is 0 Å². The average Bonchev–Trinajstić information content (AvgIpc) is 2.46. The molecular formula is C12H14BrN5O2S. The number of benzene rings is 1. The molecule has 0 unspecified atom stereocenters. The minimum absolute atomic E-state index is 0.295. The van der Waals surface area contributed by atoms with Gasteiger partial charge in [-0.05, 0) is 33.6 Å². The van der Waals surface area contributed by atoms with Gasteiger partial charge in [0.05, 0.1) is 4.90 Å². The Morgan fingerprint density at radius 2 is 1.81 bits per heavy atom. The third kappa shape index (κ3) is 3.90. The van der Waals surface area contributed by atoms with Crippen molar-refractivity contribution in [3.8, 4) is 0 Å². The number of aromatic nitrogens is 2. The number of halogens is 1. The first-order valence-electron chi connectivity index (χ1n) is 5.92. The van der Waals surface area contributed by atoms with E-state index in [1.165, 1.54) is 12.6 Å². The fourth-order valence-corrected chi connectivity index (χ4v) is 2.72. The van der Waals surface area contributed by atoms with E-state index in [0.29, 0.717) is 27.5 Å². The van der Waals surface area contributed by atoms with E-state index in [1.807, 2.05) is 0 Å². The van der Waals surface area contributed by atoms with Crippen LogP contribution in [-0.2, 0) is 16.4 Å². The third-order valence-corrected chi connectivity index (χ3v) is 4.62. The number of nitrogen functional groups attached to an aromatic ring is 1. The van der Waals surface area contributed by atoms with E-state index in [1.54, 1.807) is 24.3 Å². The van der Waals surface area contributed by atoms with Crippen molar-refractivity contribution in [2.24, 2.45) is 5.84 Å². The zero-order valence-corrected chi connectivity index (χ0v) is 13.6. The highest BCUT2D eigenvalue weighted by atomic mass is 79.9. The Balaban J connectivity index is 2.10. The molecule has 21 heavy (non-hydrogen) atoms. The molecule has 9 heteroatoms. The van der Waals surface area contributed by atoms with E-state index >= 15 is 0 Å². The number of sulfone groups is 1. The average molecular weight is 372 g/mol. The van der Waals surface area contributed by atoms with Crippen LogP contribution >= 0.6 is 15.9 Å². The van der Waals surface area contributed by atoms with Crippen LogP contribution in [0.15, 0.2) is 40.0 Å². The number of nitrogens with two attached hydrogens (primary N) is 1. The minimum Gasteiger partial charge on any atom is -0.365 e. The van der Waals surface area contributed by atoms with Crippen LogP contribution in [0.2, 0.25) is 0 Å². The van der Waals surface area contributed by atoms with Gasteiger partial charge in [-0.2, -0.15) is 0 Å². The number of hydrogen-bond donors (Lipinski definition) is 3. The molecule has 0 aliphatic carbocycles. The van der Waals surface area contributed by atoms with E-state index < -0.39 is 9.84 Å². The summed E-state index contributed by atoms with van der Waals surface area (Å²) in [5.41, 5.74) is 3.38. The number of nitrogens with one attached hydrogen (secondary N) is 2. The SMILES string of the molecule is CS(=O)(=O)c1ccc(CNc2ncnc(NN)c2Br)cc1. The normalized spacial score (nSPS) is 11.2. The van der Waals surface area contributed by atoms with Gasteiger partial charge in [0.25, 0.3) is 0 Å². The van der Waals surface area contributed by atoms with Crippen molar-refractivity contribution < 1.29 is 8.42 Å². The minimum atomic E-state index is -3.17. The van der Waals surface area contributed by atoms with Gasteiger partial charge < -0.3 is 10.7 Å². The van der Waals surface area contributed by atoms with Crippen LogP contribution in [0.5, 0.6) is 0 Å². The molecule has 2 rings (SSSR count). The monoisotopic (exact) mass is 371 g/mol. The van der Waals surface area contributed by atoms with Crippen LogP contribution in [0.4, 0.5) is 11.6 Å². The molecule has 0 fully saturated rings. The summed E-state index contributed by atoms with van der Waals surface area (Å²) in [5.74, 6) is 6.39. The Hall–Kier alpha value is -1.71. The first kappa shape index (κ1) is 15.7. The zero-order valence-electron chi connectivity index (χ0n) is 11.2. The van der Waals surface area contributed by atoms with Crippen molar-refractivity contribution >= 4 is 37.4 Å². The third-order valence-electron chi connectivity index (χ3n) is 2.74. The van der Waals surface area contributed by atoms with Gasteiger partial charge in [-0.25, -0.2) is 24.2 Å². The van der Waals surface area contributed by atoms with Crippen LogP contribution in [0.3, 0.4) is 0 Å². The maximum atomic E-state index is 11.4. The maximum absolute atomic E-state index is 11.4. The predicted octanol–water partition coefficient (Wildman–Crippen LogP) is 1.54. The highest BCUT2D eigenvalue weighted by molar-refractivity contribution is 9.10. The molecule has 0 bridgehead atoms. The first-order chi connectivity index (χ1) is 9.91. The molecular weight excluding hydrogens is 358 g/mol. The lowest BCUT2D eigenvalue weighted by molar-refractivity contribution is 0.602. The van der Waals surface area contributed by atoms with Gasteiger partial charge in [0.15, 0.2) is 15.7 Å². The number of rotatable bonds is 5. The number of hydrogen-bond acceptors (Lipinski definition) is 7. The first-order valence-corrected chi connectivity index (χ1v) is 8.60. The largest absolute Gasteiger partial charge is 0.365 e. The molecule has 0 aliphatic heterocycles. The zero-order chi connectivity index (χ0) is 15.5. The van der Waals surface area contributed by atoms with Crippen LogP contribution in [0.25, 0.3) is 0 Å². The van der Waals surface area contributed by atoms with E-state index in [9.17, 15) is 8.42 Å². The maximum Gasteiger partial charge on any atom is 0.175 e. The molecule has 0 amide bonds. The summed E-state index contributed by atoms with van der Waals surface area (Å²) in [6.07, 6.45) is 2.56. The van der Waals surface area contributed by atoms with Crippen molar-refractivity contribution in [2.75, 3.05) is 17.0 Å². The molecule has 0 radical (unpaired) electrons. The summed E-state index contributed by atoms with van der Waals surface area (Å²) in [6.45, 7) is 0.490. The van der Waals surface area contributed by atoms with Crippen LogP contribution in [0.1, 0.15) is 5.56 Å². The van der Waals surface area contributed by atoms with Crippen LogP contribution in [0, 0.1) is 0 Å². The lowest BCUT2D eigenvalue weighted by Crippen LogP contribution is -2.11. The Morgan fingerprint density at radius 1 is 1.19 bits per heavy atom. The molecule has 1 aromatic carbocycles. The molecule has 1 aromatic heterocycles. The van der Waals surface area contributed by atoms with E-state index in [-0.39, 0.29) is 0 Å². The Kier molecular flexibility index (Phi) is 4.76. The molecule has 0 atom stereocenters. The predicted molar refractivity (Wildman–Crippen MR) is 84.4 cm³/mol. The number of anilines is 2. The summed E-state index contributed by atoms with van der Waals surface area (Å²) in [4.78, 5) is 8.34. The van der Waals surface area contributed by atoms with Crippen LogP contribution < -0.4 is 16.6 Å². The van der Waals surface area contributed by atoms with E-state index in [2.05, 4.69) is 36.6 Å². The van der Waals surface area contributed by atoms with E-state index in [0.717, 1.165) is 5.56 Å². The highest BCUT2D eigenvalue weighted by Gasteiger charge is 2.08. The summed E-state index contributed by atoms with van der Waals surface area (Å²) < 4.78 is 23.4. The molecule has 0 aliphatic rings. The summed E-state index contributed by atoms with van der Waals surface area (Å²) in [5, 5.41) is 3.12. The lowest BCUT2D eigenvalue weighted by Gasteiger charge is -2.10. The molecule has 0 saturated carbocycles. The standard InChI is InChI=1S/C12H14BrN5O2S/c1-21(19,20)9-4-2-8(3-5-9)6-15-11-10(13)12(18-14)17-7-16-11/h2-5,7H,6,14H2,1H3,(H2,15,16,17,18). The molecule has 0 saturated heterocycles. The van der Waals surface area contributed by atoms with Gasteiger partial charge in [-0.1, -0.05) is 12.1 Å². The van der Waals surface area contributed by atoms with Gasteiger partial charge in [0.2, 0.25) is 0 Å². The Morgan fingerprint density at radius 3 is 2.38 bits per heavy atom. The fourth-order valence-electron chi connectivity index (χ4n) is 1.63. The summed E-state index contributed by atoms with van der Waals surface area (Å²) in [6, 6.07) is 6.66. The second kappa shape index (κ2) is 6.37. The highest BCUT2D eigenvalue weighted by Crippen LogP contribution is 2.26. The van der Waals surface area contributed by atoms with Gasteiger partial charge in [-0.15, -0.1) is 0 Å². The van der Waals surface area contributed by atoms with Crippen molar-refractivity contribution in [2.45, 2.75) is 11.4 Å². The summed E-state index contributed by atoms with van der Waals surface area (Å²) in [7, 11) is -3.17. The van der Waals surface area contributed by atoms with Crippen molar-refractivity contribution in [3.63, 3.8) is 0 Å². The second-order valence-electron chi connectivity index (χ2n) is 4.30. The fraction of sp³-hybridized carbons (Fsp3) is 0.167. The molecule has 2 aromatic rings. The van der Waals surface area contributed by atoms with Gasteiger partial charge in [-0.3, -0.25) is 0 Å². The summed E-state index contributed by atoms with van der Waals surface area (Å²) >= 11 is 3.34. The quantitative estimate of drug-likeness (QED) is 0.539.